The van der Waals surface area contributed by atoms with Crippen LogP contribution in [0.2, 0.25) is 0 Å². The lowest BCUT2D eigenvalue weighted by Crippen LogP contribution is -2.53. The first-order chi connectivity index (χ1) is 9.52. The Labute approximate surface area is 123 Å². The van der Waals surface area contributed by atoms with Gasteiger partial charge in [-0.2, -0.15) is 0 Å². The van der Waals surface area contributed by atoms with Gasteiger partial charge in [0.15, 0.2) is 0 Å². The molecule has 0 amide bonds. The summed E-state index contributed by atoms with van der Waals surface area (Å²) < 4.78 is 0. The number of hydrogen-bond acceptors (Lipinski definition) is 3. The van der Waals surface area contributed by atoms with Crippen molar-refractivity contribution in [1.82, 2.24) is 15.2 Å². The largest absolute Gasteiger partial charge is 0.313 e. The Morgan fingerprint density at radius 1 is 1.40 bits per heavy atom. The average Bonchev–Trinajstić information content (AvgIpc) is 2.42. The maximum Gasteiger partial charge on any atom is 0.0543 e. The first-order valence-corrected chi connectivity index (χ1v) is 7.85. The molecule has 1 N–H and O–H groups in total. The van der Waals surface area contributed by atoms with Crippen molar-refractivity contribution in [2.24, 2.45) is 5.41 Å². The number of nitrogens with zero attached hydrogens (tertiary/aromatic N) is 2. The zero-order valence-electron chi connectivity index (χ0n) is 13.4. The van der Waals surface area contributed by atoms with Gasteiger partial charge in [-0.15, -0.1) is 0 Å². The molecule has 1 saturated carbocycles. The molecule has 0 aromatic carbocycles. The first kappa shape index (κ1) is 15.5. The quantitative estimate of drug-likeness (QED) is 0.895. The molecule has 1 heterocycles. The van der Waals surface area contributed by atoms with Crippen LogP contribution in [0.5, 0.6) is 0 Å². The second-order valence-electron chi connectivity index (χ2n) is 6.87. The van der Waals surface area contributed by atoms with Crippen LogP contribution in [0.3, 0.4) is 0 Å². The lowest BCUT2D eigenvalue weighted by molar-refractivity contribution is 0.0774. The van der Waals surface area contributed by atoms with E-state index in [2.05, 4.69) is 55.2 Å². The maximum absolute atomic E-state index is 4.46. The van der Waals surface area contributed by atoms with Gasteiger partial charge in [0.2, 0.25) is 0 Å². The van der Waals surface area contributed by atoms with Crippen molar-refractivity contribution in [1.29, 1.82) is 0 Å². The Bertz CT molecular complexity index is 402. The number of likely N-dealkylation sites (N-methyl/N-ethyl adjacent to an activating group) is 2. The van der Waals surface area contributed by atoms with E-state index in [1.807, 2.05) is 12.3 Å². The van der Waals surface area contributed by atoms with Crippen molar-refractivity contribution in [3.8, 4) is 0 Å². The predicted molar refractivity (Wildman–Crippen MR) is 84.6 cm³/mol. The third kappa shape index (κ3) is 4.03. The number of nitrogens with one attached hydrogen (secondary N) is 1. The third-order valence-electron chi connectivity index (χ3n) is 4.53. The minimum Gasteiger partial charge on any atom is -0.313 e. The summed E-state index contributed by atoms with van der Waals surface area (Å²) in [5.41, 5.74) is 1.61. The molecule has 1 aromatic rings. The molecule has 0 spiro atoms. The number of hydrogen-bond donors (Lipinski definition) is 1. The van der Waals surface area contributed by atoms with E-state index in [1.165, 1.54) is 19.3 Å². The Morgan fingerprint density at radius 2 is 2.20 bits per heavy atom. The van der Waals surface area contributed by atoms with Gasteiger partial charge in [0.25, 0.3) is 0 Å². The van der Waals surface area contributed by atoms with E-state index < -0.39 is 0 Å². The molecule has 0 radical (unpaired) electrons. The highest BCUT2D eigenvalue weighted by Gasteiger charge is 2.36. The van der Waals surface area contributed by atoms with E-state index in [0.29, 0.717) is 17.5 Å². The fourth-order valence-corrected chi connectivity index (χ4v) is 3.38. The number of aromatic nitrogens is 1. The van der Waals surface area contributed by atoms with Crippen LogP contribution < -0.4 is 5.32 Å². The molecular formula is C17H29N3. The van der Waals surface area contributed by atoms with Gasteiger partial charge in [-0.05, 0) is 50.4 Å². The predicted octanol–water partition coefficient (Wildman–Crippen LogP) is 3.07. The minimum absolute atomic E-state index is 0.453. The summed E-state index contributed by atoms with van der Waals surface area (Å²) in [6.07, 6.45) is 5.74. The number of rotatable bonds is 5. The molecule has 1 aromatic heterocycles. The average molecular weight is 275 g/mol. The second-order valence-corrected chi connectivity index (χ2v) is 6.87. The van der Waals surface area contributed by atoms with Crippen LogP contribution in [-0.2, 0) is 6.54 Å². The van der Waals surface area contributed by atoms with E-state index in [4.69, 9.17) is 0 Å². The Kier molecular flexibility index (Phi) is 5.17. The van der Waals surface area contributed by atoms with E-state index >= 15 is 0 Å². The highest BCUT2D eigenvalue weighted by Crippen LogP contribution is 2.37. The van der Waals surface area contributed by atoms with Gasteiger partial charge in [-0.3, -0.25) is 9.88 Å². The molecule has 2 unspecified atom stereocenters. The molecule has 0 saturated heterocycles. The van der Waals surface area contributed by atoms with Crippen LogP contribution in [0.4, 0.5) is 0 Å². The van der Waals surface area contributed by atoms with Gasteiger partial charge >= 0.3 is 0 Å². The van der Waals surface area contributed by atoms with Crippen molar-refractivity contribution in [2.75, 3.05) is 13.6 Å². The zero-order valence-corrected chi connectivity index (χ0v) is 13.4. The Hall–Kier alpha value is -0.930. The summed E-state index contributed by atoms with van der Waals surface area (Å²) >= 11 is 0. The maximum atomic E-state index is 4.46. The minimum atomic E-state index is 0.453. The Morgan fingerprint density at radius 3 is 2.85 bits per heavy atom. The first-order valence-electron chi connectivity index (χ1n) is 7.85. The molecule has 1 aliphatic rings. The standard InChI is InChI=1S/C17H29N3/c1-5-18-15-9-10-17(2,3)12-16(15)20(4)13-14-8-6-7-11-19-14/h6-8,11,15-16,18H,5,9-10,12-13H2,1-4H3. The normalized spacial score (nSPS) is 25.9. The molecule has 1 aliphatic carbocycles. The van der Waals surface area contributed by atoms with Gasteiger partial charge < -0.3 is 5.32 Å². The van der Waals surface area contributed by atoms with Crippen molar-refractivity contribution in [3.63, 3.8) is 0 Å². The van der Waals surface area contributed by atoms with Crippen LogP contribution >= 0.6 is 0 Å². The van der Waals surface area contributed by atoms with Gasteiger partial charge in [-0.1, -0.05) is 26.8 Å². The molecule has 2 rings (SSSR count). The fourth-order valence-electron chi connectivity index (χ4n) is 3.38. The molecule has 3 heteroatoms. The SMILES string of the molecule is CCNC1CCC(C)(C)CC1N(C)Cc1ccccn1. The summed E-state index contributed by atoms with van der Waals surface area (Å²) in [7, 11) is 2.24. The molecule has 20 heavy (non-hydrogen) atoms. The summed E-state index contributed by atoms with van der Waals surface area (Å²) in [6, 6.07) is 7.38. The smallest absolute Gasteiger partial charge is 0.0543 e. The van der Waals surface area contributed by atoms with Crippen LogP contribution in [0, 0.1) is 5.41 Å². The topological polar surface area (TPSA) is 28.2 Å². The zero-order chi connectivity index (χ0) is 14.6. The van der Waals surface area contributed by atoms with Crippen molar-refractivity contribution < 1.29 is 0 Å². The molecule has 112 valence electrons. The Balaban J connectivity index is 2.05. The van der Waals surface area contributed by atoms with E-state index in [9.17, 15) is 0 Å². The van der Waals surface area contributed by atoms with Gasteiger partial charge in [0.05, 0.1) is 5.69 Å². The van der Waals surface area contributed by atoms with Gasteiger partial charge in [-0.25, -0.2) is 0 Å². The fraction of sp³-hybridized carbons (Fsp3) is 0.706. The molecule has 3 nitrogen and oxygen atoms in total. The molecule has 2 atom stereocenters. The third-order valence-corrected chi connectivity index (χ3v) is 4.53. The monoisotopic (exact) mass is 275 g/mol. The van der Waals surface area contributed by atoms with Gasteiger partial charge in [0.1, 0.15) is 0 Å². The summed E-state index contributed by atoms with van der Waals surface area (Å²) in [6.45, 7) is 8.99. The van der Waals surface area contributed by atoms with Crippen molar-refractivity contribution >= 4 is 0 Å². The summed E-state index contributed by atoms with van der Waals surface area (Å²) in [5, 5.41) is 3.68. The van der Waals surface area contributed by atoms with Crippen LogP contribution in [0.25, 0.3) is 0 Å². The molecule has 0 bridgehead atoms. The molecular weight excluding hydrogens is 246 g/mol. The van der Waals surface area contributed by atoms with E-state index in [1.54, 1.807) is 0 Å². The van der Waals surface area contributed by atoms with Crippen molar-refractivity contribution in [3.05, 3.63) is 30.1 Å². The molecule has 0 aliphatic heterocycles. The summed E-state index contributed by atoms with van der Waals surface area (Å²) in [4.78, 5) is 6.94. The lowest BCUT2D eigenvalue weighted by Gasteiger charge is -2.45. The highest BCUT2D eigenvalue weighted by atomic mass is 15.2. The summed E-state index contributed by atoms with van der Waals surface area (Å²) in [5.74, 6) is 0. The van der Waals surface area contributed by atoms with Crippen LogP contribution in [0.1, 0.15) is 45.7 Å². The second kappa shape index (κ2) is 6.68. The van der Waals surface area contributed by atoms with Crippen LogP contribution in [-0.4, -0.2) is 35.6 Å². The number of pyridine rings is 1. The van der Waals surface area contributed by atoms with Crippen LogP contribution in [0.15, 0.2) is 24.4 Å². The highest BCUT2D eigenvalue weighted by molar-refractivity contribution is 5.04. The molecule has 1 fully saturated rings. The van der Waals surface area contributed by atoms with Gasteiger partial charge in [0, 0.05) is 24.8 Å². The van der Waals surface area contributed by atoms with E-state index in [-0.39, 0.29) is 0 Å². The van der Waals surface area contributed by atoms with E-state index in [0.717, 1.165) is 18.8 Å². The van der Waals surface area contributed by atoms with Crippen molar-refractivity contribution in [2.45, 2.75) is 58.7 Å². The lowest BCUT2D eigenvalue weighted by atomic mass is 9.72.